The van der Waals surface area contributed by atoms with Crippen molar-refractivity contribution >= 4 is 70.3 Å². The van der Waals surface area contributed by atoms with Gasteiger partial charge in [-0.25, -0.2) is 14.0 Å². The fourth-order valence-electron chi connectivity index (χ4n) is 11.8. The average Bonchev–Trinajstić information content (AvgIpc) is 1.59. The minimum Gasteiger partial charge on any atom is -0.495 e. The Balaban J connectivity index is 1.15. The standard InChI is InChI=1S/C65H89ClFN5O15/c1-37(2)46(33-44(73)21-13-11-12-14-23-50(74)43-19-16-20-43)60(78)70-48(22-17-27-69-63(68)81)51(75)31-41-25-26-45(47(67)29-41)61(79)71(7)40(5)62(80)86-55-34-56(76)72(8)49-30-42(32-52(83-9)58(49)66)28-38(3)18-15-24-54(84-10)65(82)35-53(85-57(77)36-65)39(4)59-64(55,6)87-59/h15,18,24-26,29-30,32,37,39-40,43,46,48,53-55,59,82H,11-14,16-17,19-23,27-28,31,33-36H2,1-10H3,(H,70,78)(H3,68,69,81)/b24-15+,38-18+/t39-,40+,46+,48+,53+,54-,55+,59+,64+,65-/m1/s1. The zero-order chi connectivity index (χ0) is 64.1. The molecule has 0 aromatic heterocycles. The number of ether oxygens (including phenoxy) is 5. The summed E-state index contributed by atoms with van der Waals surface area (Å²) in [5.74, 6) is -6.02. The molecule has 0 spiro atoms. The smallest absolute Gasteiger partial charge is 0.328 e. The Labute approximate surface area is 515 Å². The Bertz CT molecular complexity index is 2930. The number of anilines is 1. The number of unbranched alkanes of at least 4 members (excludes halogenated alkanes) is 3. The molecule has 3 fully saturated rings. The number of aliphatic hydroxyl groups is 1. The molecule has 2 saturated heterocycles. The van der Waals surface area contributed by atoms with Crippen molar-refractivity contribution in [3.8, 4) is 5.75 Å². The lowest BCUT2D eigenvalue weighted by Crippen LogP contribution is -2.53. The molecule has 4 aliphatic rings. The lowest BCUT2D eigenvalue weighted by atomic mass is 9.78. The van der Waals surface area contributed by atoms with Gasteiger partial charge in [0.1, 0.15) is 63.7 Å². The maximum absolute atomic E-state index is 16.2. The van der Waals surface area contributed by atoms with Crippen LogP contribution in [0.1, 0.15) is 159 Å². The molecule has 5 N–H and O–H groups in total. The molecule has 1 saturated carbocycles. The minimum absolute atomic E-state index is 0.0357. The lowest BCUT2D eigenvalue weighted by molar-refractivity contribution is -0.187. The van der Waals surface area contributed by atoms with Crippen LogP contribution in [0.25, 0.3) is 0 Å². The number of hydrogen-bond donors (Lipinski definition) is 4. The molecule has 6 rings (SSSR count). The number of urea groups is 1. The summed E-state index contributed by atoms with van der Waals surface area (Å²) in [5.41, 5.74) is 3.84. The average molecular weight is 1230 g/mol. The number of methoxy groups -OCH3 is 2. The molecule has 0 radical (unpaired) electrons. The number of nitrogens with two attached hydrogens (primary N) is 1. The van der Waals surface area contributed by atoms with Gasteiger partial charge in [0, 0.05) is 77.6 Å². The molecule has 2 aromatic rings. The molecule has 87 heavy (non-hydrogen) atoms. The predicted molar refractivity (Wildman–Crippen MR) is 323 cm³/mol. The molecule has 3 heterocycles. The Morgan fingerprint density at radius 3 is 2.33 bits per heavy atom. The van der Waals surface area contributed by atoms with Gasteiger partial charge in [-0.2, -0.15) is 0 Å². The summed E-state index contributed by atoms with van der Waals surface area (Å²) in [6, 6.07) is 3.81. The van der Waals surface area contributed by atoms with Gasteiger partial charge >= 0.3 is 18.0 Å². The Hall–Kier alpha value is -6.55. The highest BCUT2D eigenvalue weighted by atomic mass is 35.5. The van der Waals surface area contributed by atoms with Crippen molar-refractivity contribution < 1.29 is 76.3 Å². The van der Waals surface area contributed by atoms with E-state index in [1.54, 1.807) is 38.1 Å². The highest BCUT2D eigenvalue weighted by molar-refractivity contribution is 6.35. The highest BCUT2D eigenvalue weighted by Crippen LogP contribution is 2.50. The van der Waals surface area contributed by atoms with Crippen LogP contribution in [0.2, 0.25) is 5.02 Å². The van der Waals surface area contributed by atoms with Gasteiger partial charge in [-0.1, -0.05) is 81.5 Å². The summed E-state index contributed by atoms with van der Waals surface area (Å²) in [6.45, 7) is 10.4. The number of nitrogens with one attached hydrogen (secondary N) is 2. The largest absolute Gasteiger partial charge is 0.495 e. The molecular weight excluding hydrogens is 1150 g/mol. The SMILES string of the molecule is COc1cc2cc(c1Cl)N(C)C(=O)C[C@H](OC(=O)[C@H](C)N(C)C(=O)c1ccc(CC(=O)[C@H](CCCNC(N)=O)NC(=O)[C@@H](CC(=O)CCCCCCC(=O)C3CCC3)C(C)C)cc1F)[C@]1(C)O[C@H]1[C@H](C)[C@@H]1C[C@@](O)(CC(=O)O1)[C@H](OC)/C=C/C=C(\C)C2. The van der Waals surface area contributed by atoms with Gasteiger partial charge in [-0.3, -0.25) is 33.6 Å². The van der Waals surface area contributed by atoms with E-state index in [9.17, 15) is 48.3 Å². The van der Waals surface area contributed by atoms with E-state index in [0.717, 1.165) is 60.6 Å². The molecule has 3 aliphatic heterocycles. The van der Waals surface area contributed by atoms with Crippen molar-refractivity contribution in [1.29, 1.82) is 0 Å². The van der Waals surface area contributed by atoms with Crippen molar-refractivity contribution in [2.45, 2.75) is 198 Å². The summed E-state index contributed by atoms with van der Waals surface area (Å²) in [6.07, 6.45) is 7.70. The number of hydrogen-bond acceptors (Lipinski definition) is 15. The van der Waals surface area contributed by atoms with E-state index < -0.39 is 119 Å². The Kier molecular flexibility index (Phi) is 24.8. The van der Waals surface area contributed by atoms with E-state index in [1.807, 2.05) is 26.8 Å². The maximum atomic E-state index is 16.2. The normalized spacial score (nSPS) is 25.2. The monoisotopic (exact) mass is 1230 g/mol. The molecule has 0 unspecified atom stereocenters. The van der Waals surface area contributed by atoms with Crippen LogP contribution in [0.5, 0.6) is 5.75 Å². The van der Waals surface area contributed by atoms with Gasteiger partial charge < -0.3 is 55.0 Å². The second-order valence-electron chi connectivity index (χ2n) is 24.7. The van der Waals surface area contributed by atoms with Crippen LogP contribution in [0.15, 0.2) is 54.1 Å². The number of allylic oxidation sites excluding steroid dienone is 3. The molecule has 1 aliphatic carbocycles. The number of likely N-dealkylation sites (N-methyl/N-ethyl adjacent to an activating group) is 1. The molecule has 22 heteroatoms. The molecular formula is C65H89ClFN5O15. The van der Waals surface area contributed by atoms with Gasteiger partial charge in [0.25, 0.3) is 5.91 Å². The fourth-order valence-corrected chi connectivity index (χ4v) is 12.1. The Morgan fingerprint density at radius 1 is 1.00 bits per heavy atom. The van der Waals surface area contributed by atoms with E-state index in [4.69, 9.17) is 41.0 Å². The van der Waals surface area contributed by atoms with Crippen LogP contribution < -0.4 is 26.0 Å². The van der Waals surface area contributed by atoms with E-state index in [-0.39, 0.29) is 79.7 Å². The number of Topliss-reactive ketones (excluding diaryl/α,β-unsaturated/α-hetero) is 3. The van der Waals surface area contributed by atoms with E-state index in [0.29, 0.717) is 36.5 Å². The number of esters is 2. The number of halogens is 2. The first-order chi connectivity index (χ1) is 41.1. The number of benzene rings is 2. The second-order valence-corrected chi connectivity index (χ2v) is 25.1. The van der Waals surface area contributed by atoms with Gasteiger partial charge in [0.05, 0.1) is 43.3 Å². The maximum Gasteiger partial charge on any atom is 0.328 e. The first-order valence-electron chi connectivity index (χ1n) is 30.4. The van der Waals surface area contributed by atoms with Gasteiger partial charge in [0.2, 0.25) is 11.8 Å². The van der Waals surface area contributed by atoms with Crippen LogP contribution in [-0.2, 0) is 65.4 Å². The van der Waals surface area contributed by atoms with E-state index in [1.165, 1.54) is 52.3 Å². The summed E-state index contributed by atoms with van der Waals surface area (Å²) in [4.78, 5) is 123. The molecule has 5 amide bonds. The predicted octanol–water partition coefficient (Wildman–Crippen LogP) is 8.20. The zero-order valence-electron chi connectivity index (χ0n) is 52.0. The number of epoxide rings is 1. The summed E-state index contributed by atoms with van der Waals surface area (Å²) in [7, 11) is 5.67. The number of rotatable bonds is 26. The van der Waals surface area contributed by atoms with Gasteiger partial charge in [-0.05, 0) is 107 Å². The first kappa shape index (κ1) is 69.5. The topological polar surface area (TPSA) is 280 Å². The number of primary amides is 1. The Morgan fingerprint density at radius 2 is 1.70 bits per heavy atom. The lowest BCUT2D eigenvalue weighted by Gasteiger charge is -2.41. The number of carbonyl (C=O) groups excluding carboxylic acids is 9. The van der Waals surface area contributed by atoms with Crippen molar-refractivity contribution in [3.05, 3.63) is 81.7 Å². The number of fused-ring (bicyclic) bond motifs is 5. The van der Waals surface area contributed by atoms with Crippen LogP contribution >= 0.6 is 11.6 Å². The molecule has 20 nitrogen and oxygen atoms in total. The minimum atomic E-state index is -1.68. The van der Waals surface area contributed by atoms with Crippen molar-refractivity contribution in [2.75, 3.05) is 39.8 Å². The first-order valence-corrected chi connectivity index (χ1v) is 30.7. The number of ketones is 3. The summed E-state index contributed by atoms with van der Waals surface area (Å²) in [5, 5.41) is 17.5. The van der Waals surface area contributed by atoms with Crippen molar-refractivity contribution in [3.63, 3.8) is 0 Å². The third kappa shape index (κ3) is 18.3. The quantitative estimate of drug-likeness (QED) is 0.0392. The zero-order valence-corrected chi connectivity index (χ0v) is 52.8. The van der Waals surface area contributed by atoms with E-state index in [2.05, 4.69) is 10.6 Å². The van der Waals surface area contributed by atoms with Crippen molar-refractivity contribution in [2.24, 2.45) is 29.4 Å². The van der Waals surface area contributed by atoms with Gasteiger partial charge in [0.15, 0.2) is 5.78 Å². The van der Waals surface area contributed by atoms with Crippen LogP contribution in [-0.4, -0.2) is 146 Å². The highest BCUT2D eigenvalue weighted by Gasteiger charge is 2.64. The second kappa shape index (κ2) is 31.1. The molecule has 2 aromatic carbocycles. The third-order valence-electron chi connectivity index (χ3n) is 17.8. The van der Waals surface area contributed by atoms with Gasteiger partial charge in [-0.15, -0.1) is 0 Å². The van der Waals surface area contributed by atoms with E-state index >= 15 is 4.39 Å². The number of carbonyl (C=O) groups is 9. The summed E-state index contributed by atoms with van der Waals surface area (Å²) < 4.78 is 45.9. The third-order valence-corrected chi connectivity index (χ3v) is 18.2. The number of nitrogens with zero attached hydrogens (tertiary/aromatic N) is 2. The number of amides is 5. The molecule has 478 valence electrons. The van der Waals surface area contributed by atoms with Crippen LogP contribution in [0, 0.1) is 29.5 Å². The van der Waals surface area contributed by atoms with Crippen LogP contribution in [0.3, 0.4) is 0 Å². The molecule has 4 bridgehead atoms. The van der Waals surface area contributed by atoms with Crippen molar-refractivity contribution in [1.82, 2.24) is 15.5 Å². The van der Waals surface area contributed by atoms with Crippen LogP contribution in [0.4, 0.5) is 14.9 Å². The molecule has 10 atom stereocenters. The fraction of sp³-hybridized carbons (Fsp3) is 0.615. The summed E-state index contributed by atoms with van der Waals surface area (Å²) >= 11 is 6.85.